The summed E-state index contributed by atoms with van der Waals surface area (Å²) in [5, 5.41) is 8.43. The molecule has 4 aromatic rings. The lowest BCUT2D eigenvalue weighted by atomic mass is 10.2. The Morgan fingerprint density at radius 3 is 2.38 bits per heavy atom. The van der Waals surface area contributed by atoms with E-state index in [1.165, 1.54) is 12.1 Å². The number of amides is 1. The highest BCUT2D eigenvalue weighted by Crippen LogP contribution is 2.36. The van der Waals surface area contributed by atoms with Gasteiger partial charge in [0.25, 0.3) is 5.91 Å². The van der Waals surface area contributed by atoms with Crippen LogP contribution in [0, 0.1) is 13.8 Å². The van der Waals surface area contributed by atoms with Crippen molar-refractivity contribution in [1.82, 2.24) is 9.78 Å². The number of nitrogens with zero attached hydrogens (tertiary/aromatic N) is 2. The Balaban J connectivity index is 1.44. The van der Waals surface area contributed by atoms with E-state index in [0.717, 1.165) is 11.3 Å². The molecule has 0 aliphatic carbocycles. The van der Waals surface area contributed by atoms with Gasteiger partial charge in [0, 0.05) is 5.02 Å². The molecule has 0 atom stereocenters. The number of halogens is 3. The van der Waals surface area contributed by atoms with Crippen LogP contribution in [0.1, 0.15) is 33.3 Å². The highest BCUT2D eigenvalue weighted by Gasteiger charge is 2.19. The summed E-state index contributed by atoms with van der Waals surface area (Å²) >= 11 is 18.2. The number of anilines is 1. The normalized spacial score (nSPS) is 10.9. The minimum Gasteiger partial charge on any atom is -0.493 e. The van der Waals surface area contributed by atoms with Crippen molar-refractivity contribution in [2.75, 3.05) is 19.5 Å². The number of rotatable bonds is 9. The van der Waals surface area contributed by atoms with E-state index in [2.05, 4.69) is 10.4 Å². The summed E-state index contributed by atoms with van der Waals surface area (Å²) < 4.78 is 23.8. The Hall–Kier alpha value is -3.33. The number of aryl methyl sites for hydroxylation is 1. The zero-order chi connectivity index (χ0) is 26.7. The molecule has 0 unspecified atom stereocenters. The molecule has 194 valence electrons. The predicted octanol–water partition coefficient (Wildman–Crippen LogP) is 6.95. The van der Waals surface area contributed by atoms with Crippen LogP contribution in [0.5, 0.6) is 17.2 Å². The first-order valence-corrected chi connectivity index (χ1v) is 12.3. The molecule has 2 heterocycles. The van der Waals surface area contributed by atoms with Crippen molar-refractivity contribution in [3.63, 3.8) is 0 Å². The molecule has 11 heteroatoms. The first kappa shape index (κ1) is 26.7. The van der Waals surface area contributed by atoms with Gasteiger partial charge in [-0.3, -0.25) is 9.48 Å². The summed E-state index contributed by atoms with van der Waals surface area (Å²) in [5.41, 5.74) is 3.05. The molecule has 0 aliphatic rings. The van der Waals surface area contributed by atoms with Gasteiger partial charge in [-0.2, -0.15) is 5.10 Å². The van der Waals surface area contributed by atoms with Crippen LogP contribution in [0.15, 0.2) is 46.9 Å². The number of aromatic nitrogens is 2. The van der Waals surface area contributed by atoms with E-state index < -0.39 is 5.91 Å². The standard InChI is InChI=1S/C26H24Cl3N3O5/c1-14-24(15(2)32(31-14)12-16-5-7-21(34-3)23(9-16)35-4)30-26(33)22-8-6-18(37-22)13-36-25-19(28)10-17(27)11-20(25)29/h5-11H,12-13H2,1-4H3,(H,30,33). The van der Waals surface area contributed by atoms with Gasteiger partial charge in [-0.05, 0) is 55.8 Å². The fraction of sp³-hybridized carbons (Fsp3) is 0.231. The average Bonchev–Trinajstić information content (AvgIpc) is 3.43. The fourth-order valence-electron chi connectivity index (χ4n) is 3.75. The summed E-state index contributed by atoms with van der Waals surface area (Å²) in [7, 11) is 3.18. The third-order valence-corrected chi connectivity index (χ3v) is 6.39. The van der Waals surface area contributed by atoms with E-state index in [-0.39, 0.29) is 28.2 Å². The van der Waals surface area contributed by atoms with Gasteiger partial charge in [0.05, 0.1) is 47.9 Å². The van der Waals surface area contributed by atoms with Crippen LogP contribution >= 0.6 is 34.8 Å². The molecular weight excluding hydrogens is 541 g/mol. The maximum Gasteiger partial charge on any atom is 0.291 e. The SMILES string of the molecule is COc1ccc(Cn2nc(C)c(NC(=O)c3ccc(COc4c(Cl)cc(Cl)cc4Cl)o3)c2C)cc1OC. The van der Waals surface area contributed by atoms with Crippen molar-refractivity contribution in [2.45, 2.75) is 27.0 Å². The molecule has 0 saturated carbocycles. The summed E-state index contributed by atoms with van der Waals surface area (Å²) in [6.45, 7) is 4.22. The lowest BCUT2D eigenvalue weighted by Crippen LogP contribution is -2.12. The topological polar surface area (TPSA) is 87.8 Å². The monoisotopic (exact) mass is 563 g/mol. The number of nitrogens with one attached hydrogen (secondary N) is 1. The number of hydrogen-bond donors (Lipinski definition) is 1. The molecule has 0 spiro atoms. The summed E-state index contributed by atoms with van der Waals surface area (Å²) in [4.78, 5) is 12.9. The van der Waals surface area contributed by atoms with Gasteiger partial charge in [0.2, 0.25) is 0 Å². The maximum atomic E-state index is 12.9. The van der Waals surface area contributed by atoms with Crippen LogP contribution in [0.25, 0.3) is 0 Å². The molecule has 0 fully saturated rings. The quantitative estimate of drug-likeness (QED) is 0.237. The van der Waals surface area contributed by atoms with Crippen LogP contribution in [-0.2, 0) is 13.2 Å². The van der Waals surface area contributed by atoms with E-state index >= 15 is 0 Å². The second-order valence-corrected chi connectivity index (χ2v) is 9.35. The molecule has 2 aromatic carbocycles. The highest BCUT2D eigenvalue weighted by molar-refractivity contribution is 6.40. The van der Waals surface area contributed by atoms with Crippen molar-refractivity contribution in [3.05, 3.63) is 86.0 Å². The molecule has 0 radical (unpaired) electrons. The summed E-state index contributed by atoms with van der Waals surface area (Å²) in [5.74, 6) is 1.69. The van der Waals surface area contributed by atoms with Crippen LogP contribution in [0.2, 0.25) is 15.1 Å². The summed E-state index contributed by atoms with van der Waals surface area (Å²) in [6, 6.07) is 11.9. The molecule has 37 heavy (non-hydrogen) atoms. The third-order valence-electron chi connectivity index (χ3n) is 5.61. The average molecular weight is 565 g/mol. The Kier molecular flexibility index (Phi) is 8.22. The molecule has 0 aliphatic heterocycles. The summed E-state index contributed by atoms with van der Waals surface area (Å²) in [6.07, 6.45) is 0. The number of carbonyl (C=O) groups is 1. The number of furan rings is 1. The first-order chi connectivity index (χ1) is 17.7. The minimum absolute atomic E-state index is 0.0235. The minimum atomic E-state index is -0.411. The van der Waals surface area contributed by atoms with Crippen molar-refractivity contribution >= 4 is 46.4 Å². The van der Waals surface area contributed by atoms with Gasteiger partial charge in [-0.15, -0.1) is 0 Å². The van der Waals surface area contributed by atoms with E-state index in [0.29, 0.717) is 40.2 Å². The lowest BCUT2D eigenvalue weighted by molar-refractivity contribution is 0.0992. The van der Waals surface area contributed by atoms with Crippen molar-refractivity contribution < 1.29 is 23.4 Å². The molecule has 0 bridgehead atoms. The third kappa shape index (κ3) is 5.98. The van der Waals surface area contributed by atoms with Crippen molar-refractivity contribution in [3.8, 4) is 17.2 Å². The maximum absolute atomic E-state index is 12.9. The second-order valence-electron chi connectivity index (χ2n) is 8.10. The number of ether oxygens (including phenoxy) is 3. The first-order valence-electron chi connectivity index (χ1n) is 11.1. The van der Waals surface area contributed by atoms with Crippen LogP contribution in [0.3, 0.4) is 0 Å². The van der Waals surface area contributed by atoms with Crippen LogP contribution in [-0.4, -0.2) is 29.9 Å². The van der Waals surface area contributed by atoms with E-state index in [1.54, 1.807) is 26.4 Å². The Morgan fingerprint density at radius 2 is 1.70 bits per heavy atom. The lowest BCUT2D eigenvalue weighted by Gasteiger charge is -2.11. The van der Waals surface area contributed by atoms with Gasteiger partial charge in [0.15, 0.2) is 23.0 Å². The molecule has 8 nitrogen and oxygen atoms in total. The largest absolute Gasteiger partial charge is 0.493 e. The Labute approximate surface area is 229 Å². The Morgan fingerprint density at radius 1 is 1.00 bits per heavy atom. The van der Waals surface area contributed by atoms with Gasteiger partial charge < -0.3 is 23.9 Å². The van der Waals surface area contributed by atoms with Gasteiger partial charge >= 0.3 is 0 Å². The van der Waals surface area contributed by atoms with E-state index in [1.807, 2.05) is 36.7 Å². The number of hydrogen-bond acceptors (Lipinski definition) is 6. The fourth-order valence-corrected chi connectivity index (χ4v) is 4.67. The highest BCUT2D eigenvalue weighted by atomic mass is 35.5. The van der Waals surface area contributed by atoms with Crippen molar-refractivity contribution in [1.29, 1.82) is 0 Å². The predicted molar refractivity (Wildman–Crippen MR) is 143 cm³/mol. The molecule has 1 amide bonds. The van der Waals surface area contributed by atoms with Crippen LogP contribution < -0.4 is 19.5 Å². The smallest absolute Gasteiger partial charge is 0.291 e. The second kappa shape index (κ2) is 11.4. The molecule has 1 N–H and O–H groups in total. The zero-order valence-corrected chi connectivity index (χ0v) is 22.8. The number of methoxy groups -OCH3 is 2. The zero-order valence-electron chi connectivity index (χ0n) is 20.5. The molecule has 0 saturated heterocycles. The van der Waals surface area contributed by atoms with E-state index in [4.69, 9.17) is 53.4 Å². The van der Waals surface area contributed by atoms with Crippen molar-refractivity contribution in [2.24, 2.45) is 0 Å². The molecular formula is C26H24Cl3N3O5. The van der Waals surface area contributed by atoms with Gasteiger partial charge in [0.1, 0.15) is 12.4 Å². The van der Waals surface area contributed by atoms with E-state index in [9.17, 15) is 4.79 Å². The van der Waals surface area contributed by atoms with Gasteiger partial charge in [-0.1, -0.05) is 40.9 Å². The number of carbonyl (C=O) groups excluding carboxylic acids is 1. The Bertz CT molecular complexity index is 1420. The molecule has 2 aromatic heterocycles. The number of benzene rings is 2. The van der Waals surface area contributed by atoms with Crippen LogP contribution in [0.4, 0.5) is 5.69 Å². The molecule has 4 rings (SSSR count). The van der Waals surface area contributed by atoms with Gasteiger partial charge in [-0.25, -0.2) is 0 Å².